The van der Waals surface area contributed by atoms with Crippen LogP contribution in [-0.2, 0) is 11.2 Å². The maximum absolute atomic E-state index is 11.2. The summed E-state index contributed by atoms with van der Waals surface area (Å²) in [6, 6.07) is 3.92. The molecule has 3 nitrogen and oxygen atoms in total. The van der Waals surface area contributed by atoms with Gasteiger partial charge in [-0.05, 0) is 55.9 Å². The number of hydrogen-bond acceptors (Lipinski definition) is 2. The molecule has 1 aromatic carbocycles. The fourth-order valence-electron chi connectivity index (χ4n) is 2.25. The molecule has 1 aliphatic carbocycles. The quantitative estimate of drug-likeness (QED) is 0.871. The molecule has 0 radical (unpaired) electrons. The van der Waals surface area contributed by atoms with Gasteiger partial charge in [-0.1, -0.05) is 6.07 Å². The van der Waals surface area contributed by atoms with Gasteiger partial charge in [-0.2, -0.15) is 0 Å². The zero-order valence-electron chi connectivity index (χ0n) is 10.5. The van der Waals surface area contributed by atoms with E-state index in [1.807, 2.05) is 26.0 Å². The van der Waals surface area contributed by atoms with Crippen molar-refractivity contribution in [2.24, 2.45) is 5.41 Å². The van der Waals surface area contributed by atoms with Crippen LogP contribution in [0, 0.1) is 19.3 Å². The molecule has 0 aliphatic heterocycles. The summed E-state index contributed by atoms with van der Waals surface area (Å²) in [5, 5.41) is 9.20. The molecule has 1 aliphatic rings. The molecule has 1 aromatic rings. The van der Waals surface area contributed by atoms with Crippen molar-refractivity contribution in [3.8, 4) is 5.75 Å². The molecular formula is C14H18O3. The van der Waals surface area contributed by atoms with Gasteiger partial charge in [-0.25, -0.2) is 0 Å². The lowest BCUT2D eigenvalue weighted by molar-refractivity contribution is -0.143. The average molecular weight is 234 g/mol. The van der Waals surface area contributed by atoms with E-state index >= 15 is 0 Å². The molecule has 0 heterocycles. The largest absolute Gasteiger partial charge is 0.496 e. The Labute approximate surface area is 101 Å². The number of methoxy groups -OCH3 is 1. The molecule has 0 spiro atoms. The SMILES string of the molecule is COc1ccc(CC2(C(=O)O)CC2)c(C)c1C. The van der Waals surface area contributed by atoms with Gasteiger partial charge in [0.25, 0.3) is 0 Å². The first-order chi connectivity index (χ1) is 8.00. The third-order valence-electron chi connectivity index (χ3n) is 3.91. The fraction of sp³-hybridized carbons (Fsp3) is 0.500. The van der Waals surface area contributed by atoms with Crippen LogP contribution in [0.4, 0.5) is 0 Å². The number of ether oxygens (including phenoxy) is 1. The highest BCUT2D eigenvalue weighted by Crippen LogP contribution is 2.49. The molecule has 1 N–H and O–H groups in total. The van der Waals surface area contributed by atoms with Crippen LogP contribution in [0.25, 0.3) is 0 Å². The molecule has 0 bridgehead atoms. The molecular weight excluding hydrogens is 216 g/mol. The molecule has 92 valence electrons. The third kappa shape index (κ3) is 2.02. The minimum absolute atomic E-state index is 0.494. The maximum Gasteiger partial charge on any atom is 0.309 e. The summed E-state index contributed by atoms with van der Waals surface area (Å²) in [6.45, 7) is 4.04. The Kier molecular flexibility index (Phi) is 2.86. The summed E-state index contributed by atoms with van der Waals surface area (Å²) in [6.07, 6.45) is 2.23. The van der Waals surface area contributed by atoms with E-state index in [1.165, 1.54) is 0 Å². The van der Waals surface area contributed by atoms with Gasteiger partial charge >= 0.3 is 5.97 Å². The molecule has 3 heteroatoms. The second-order valence-electron chi connectivity index (χ2n) is 4.94. The van der Waals surface area contributed by atoms with E-state index in [0.717, 1.165) is 35.3 Å². The van der Waals surface area contributed by atoms with Crippen molar-refractivity contribution < 1.29 is 14.6 Å². The Morgan fingerprint density at radius 1 is 1.35 bits per heavy atom. The van der Waals surface area contributed by atoms with Crippen LogP contribution in [0.15, 0.2) is 12.1 Å². The van der Waals surface area contributed by atoms with E-state index in [0.29, 0.717) is 6.42 Å². The van der Waals surface area contributed by atoms with Crippen molar-refractivity contribution in [1.29, 1.82) is 0 Å². The highest BCUT2D eigenvalue weighted by Gasteiger charge is 2.50. The van der Waals surface area contributed by atoms with Crippen molar-refractivity contribution in [3.05, 3.63) is 28.8 Å². The molecule has 1 fully saturated rings. The van der Waals surface area contributed by atoms with E-state index in [9.17, 15) is 9.90 Å². The lowest BCUT2D eigenvalue weighted by Crippen LogP contribution is -2.18. The number of carboxylic acid groups (broad SMARTS) is 1. The minimum Gasteiger partial charge on any atom is -0.496 e. The van der Waals surface area contributed by atoms with Crippen molar-refractivity contribution in [3.63, 3.8) is 0 Å². The Morgan fingerprint density at radius 3 is 2.47 bits per heavy atom. The Balaban J connectivity index is 2.29. The van der Waals surface area contributed by atoms with Crippen LogP contribution in [-0.4, -0.2) is 18.2 Å². The van der Waals surface area contributed by atoms with Gasteiger partial charge in [-0.3, -0.25) is 4.79 Å². The van der Waals surface area contributed by atoms with Crippen LogP contribution < -0.4 is 4.74 Å². The molecule has 0 atom stereocenters. The van der Waals surface area contributed by atoms with E-state index < -0.39 is 11.4 Å². The number of hydrogen-bond donors (Lipinski definition) is 1. The Hall–Kier alpha value is -1.51. The van der Waals surface area contributed by atoms with Gasteiger partial charge in [0.1, 0.15) is 5.75 Å². The molecule has 1 saturated carbocycles. The average Bonchev–Trinajstić information content (AvgIpc) is 3.06. The first kappa shape index (κ1) is 12.0. The number of carboxylic acids is 1. The van der Waals surface area contributed by atoms with Crippen molar-refractivity contribution in [1.82, 2.24) is 0 Å². The van der Waals surface area contributed by atoms with Gasteiger partial charge in [0.2, 0.25) is 0 Å². The van der Waals surface area contributed by atoms with E-state index in [-0.39, 0.29) is 0 Å². The highest BCUT2D eigenvalue weighted by molar-refractivity contribution is 5.78. The second kappa shape index (κ2) is 4.06. The predicted octanol–water partition coefficient (Wildman–Crippen LogP) is 2.72. The first-order valence-electron chi connectivity index (χ1n) is 5.87. The smallest absolute Gasteiger partial charge is 0.309 e. The molecule has 2 rings (SSSR count). The molecule has 0 aromatic heterocycles. The normalized spacial score (nSPS) is 16.6. The van der Waals surface area contributed by atoms with E-state index in [1.54, 1.807) is 7.11 Å². The lowest BCUT2D eigenvalue weighted by Gasteiger charge is -2.15. The van der Waals surface area contributed by atoms with Gasteiger partial charge in [0.05, 0.1) is 12.5 Å². The number of rotatable bonds is 4. The zero-order chi connectivity index (χ0) is 12.6. The van der Waals surface area contributed by atoms with Crippen LogP contribution in [0.2, 0.25) is 0 Å². The highest BCUT2D eigenvalue weighted by atomic mass is 16.5. The number of aliphatic carboxylic acids is 1. The fourth-order valence-corrected chi connectivity index (χ4v) is 2.25. The number of benzene rings is 1. The molecule has 0 amide bonds. The second-order valence-corrected chi connectivity index (χ2v) is 4.94. The van der Waals surface area contributed by atoms with Crippen LogP contribution in [0.1, 0.15) is 29.5 Å². The summed E-state index contributed by atoms with van der Waals surface area (Å²) >= 11 is 0. The third-order valence-corrected chi connectivity index (χ3v) is 3.91. The summed E-state index contributed by atoms with van der Waals surface area (Å²) < 4.78 is 5.26. The maximum atomic E-state index is 11.2. The van der Waals surface area contributed by atoms with Crippen LogP contribution in [0.5, 0.6) is 5.75 Å². The van der Waals surface area contributed by atoms with Crippen LogP contribution >= 0.6 is 0 Å². The molecule has 0 saturated heterocycles. The zero-order valence-corrected chi connectivity index (χ0v) is 10.5. The Morgan fingerprint density at radius 2 is 2.00 bits per heavy atom. The summed E-state index contributed by atoms with van der Waals surface area (Å²) in [5.74, 6) is 0.205. The van der Waals surface area contributed by atoms with Crippen LogP contribution in [0.3, 0.4) is 0 Å². The molecule has 0 unspecified atom stereocenters. The topological polar surface area (TPSA) is 46.5 Å². The van der Waals surface area contributed by atoms with Crippen molar-refractivity contribution in [2.45, 2.75) is 33.1 Å². The van der Waals surface area contributed by atoms with Gasteiger partial charge in [0, 0.05) is 0 Å². The molecule has 17 heavy (non-hydrogen) atoms. The van der Waals surface area contributed by atoms with Gasteiger partial charge < -0.3 is 9.84 Å². The Bertz CT molecular complexity index is 459. The lowest BCUT2D eigenvalue weighted by atomic mass is 9.91. The summed E-state index contributed by atoms with van der Waals surface area (Å²) in [7, 11) is 1.65. The number of carbonyl (C=O) groups is 1. The standard InChI is InChI=1S/C14H18O3/c1-9-10(2)12(17-3)5-4-11(9)8-14(6-7-14)13(15)16/h4-5H,6-8H2,1-3H3,(H,15,16). The monoisotopic (exact) mass is 234 g/mol. The van der Waals surface area contributed by atoms with Crippen molar-refractivity contribution in [2.75, 3.05) is 7.11 Å². The first-order valence-corrected chi connectivity index (χ1v) is 5.87. The van der Waals surface area contributed by atoms with Gasteiger partial charge in [-0.15, -0.1) is 0 Å². The van der Waals surface area contributed by atoms with E-state index in [4.69, 9.17) is 4.74 Å². The summed E-state index contributed by atoms with van der Waals surface area (Å²) in [5.41, 5.74) is 2.89. The van der Waals surface area contributed by atoms with E-state index in [2.05, 4.69) is 0 Å². The van der Waals surface area contributed by atoms with Crippen molar-refractivity contribution >= 4 is 5.97 Å². The summed E-state index contributed by atoms with van der Waals surface area (Å²) in [4.78, 5) is 11.2. The minimum atomic E-state index is -0.662. The predicted molar refractivity (Wildman–Crippen MR) is 65.5 cm³/mol. The van der Waals surface area contributed by atoms with Gasteiger partial charge in [0.15, 0.2) is 0 Å².